The molecule has 0 N–H and O–H groups in total. The van der Waals surface area contributed by atoms with Crippen molar-refractivity contribution in [3.8, 4) is 6.07 Å². The third-order valence-electron chi connectivity index (χ3n) is 6.72. The number of likely N-dealkylation sites (N-methyl/N-ethyl adjacent to an activating group) is 1. The quantitative estimate of drug-likeness (QED) is 0.575. The van der Waals surface area contributed by atoms with Crippen molar-refractivity contribution in [1.82, 2.24) is 4.90 Å². The summed E-state index contributed by atoms with van der Waals surface area (Å²) < 4.78 is 0. The molecule has 1 aliphatic heterocycles. The zero-order valence-electron chi connectivity index (χ0n) is 16.7. The molecule has 5 rings (SSSR count). The van der Waals surface area contributed by atoms with E-state index in [1.807, 2.05) is 12.1 Å². The van der Waals surface area contributed by atoms with Gasteiger partial charge >= 0.3 is 0 Å². The summed E-state index contributed by atoms with van der Waals surface area (Å²) in [6.07, 6.45) is 2.46. The summed E-state index contributed by atoms with van der Waals surface area (Å²) in [4.78, 5) is 2.45. The lowest BCUT2D eigenvalue weighted by molar-refractivity contribution is 0.277. The Kier molecular flexibility index (Phi) is 4.22. The number of rotatable bonds is 3. The third-order valence-corrected chi connectivity index (χ3v) is 6.72. The minimum absolute atomic E-state index is 0.629. The van der Waals surface area contributed by atoms with Crippen molar-refractivity contribution in [3.05, 3.63) is 82.4 Å². The van der Waals surface area contributed by atoms with E-state index in [4.69, 9.17) is 5.26 Å². The van der Waals surface area contributed by atoms with Gasteiger partial charge in [-0.15, -0.1) is 0 Å². The van der Waals surface area contributed by atoms with Gasteiger partial charge in [0, 0.05) is 13.1 Å². The van der Waals surface area contributed by atoms with Gasteiger partial charge in [0.1, 0.15) is 0 Å². The molecule has 2 heteroatoms. The van der Waals surface area contributed by atoms with Crippen molar-refractivity contribution < 1.29 is 0 Å². The lowest BCUT2D eigenvalue weighted by Gasteiger charge is -2.32. The lowest BCUT2D eigenvalue weighted by atomic mass is 9.86. The Morgan fingerprint density at radius 1 is 0.964 bits per heavy atom. The Bertz CT molecular complexity index is 1090. The maximum atomic E-state index is 9.09. The highest BCUT2D eigenvalue weighted by atomic mass is 15.1. The summed E-state index contributed by atoms with van der Waals surface area (Å²) in [7, 11) is 2.23. The first kappa shape index (κ1) is 17.5. The summed E-state index contributed by atoms with van der Waals surface area (Å²) in [5, 5.41) is 11.5. The van der Waals surface area contributed by atoms with Crippen LogP contribution < -0.4 is 0 Å². The van der Waals surface area contributed by atoms with Gasteiger partial charge in [0.05, 0.1) is 11.6 Å². The molecule has 3 unspecified atom stereocenters. The molecule has 1 aliphatic carbocycles. The van der Waals surface area contributed by atoms with E-state index in [1.54, 1.807) is 5.56 Å². The highest BCUT2D eigenvalue weighted by Gasteiger charge is 2.40. The second-order valence-electron chi connectivity index (χ2n) is 8.64. The number of hydrogen-bond acceptors (Lipinski definition) is 2. The van der Waals surface area contributed by atoms with Gasteiger partial charge in [-0.3, -0.25) is 0 Å². The van der Waals surface area contributed by atoms with Gasteiger partial charge in [0.2, 0.25) is 0 Å². The highest BCUT2D eigenvalue weighted by molar-refractivity contribution is 5.84. The zero-order valence-corrected chi connectivity index (χ0v) is 16.7. The Morgan fingerprint density at radius 2 is 1.68 bits per heavy atom. The first-order valence-corrected chi connectivity index (χ1v) is 10.4. The molecule has 3 aromatic carbocycles. The molecule has 3 atom stereocenters. The van der Waals surface area contributed by atoms with Gasteiger partial charge in [-0.25, -0.2) is 0 Å². The Hall–Kier alpha value is -2.63. The number of nitrogens with zero attached hydrogens (tertiary/aromatic N) is 2. The Balaban J connectivity index is 1.42. The molecule has 2 nitrogen and oxygen atoms in total. The minimum atomic E-state index is 0.629. The summed E-state index contributed by atoms with van der Waals surface area (Å²) in [6.45, 7) is 4.57. The van der Waals surface area contributed by atoms with Crippen LogP contribution in [0.1, 0.15) is 65.3 Å². The average molecular weight is 367 g/mol. The number of benzene rings is 3. The van der Waals surface area contributed by atoms with E-state index < -0.39 is 0 Å². The molecule has 0 saturated heterocycles. The number of fused-ring (bicyclic) bond motifs is 2. The average Bonchev–Trinajstić information content (AvgIpc) is 3.53. The van der Waals surface area contributed by atoms with E-state index in [1.165, 1.54) is 41.5 Å². The summed E-state index contributed by atoms with van der Waals surface area (Å²) in [6, 6.07) is 22.2. The van der Waals surface area contributed by atoms with E-state index in [-0.39, 0.29) is 0 Å². The molecular weight excluding hydrogens is 340 g/mol. The fraction of sp³-hybridized carbons (Fsp3) is 0.346. The largest absolute Gasteiger partial charge is 0.301 e. The molecule has 0 bridgehead atoms. The molecule has 2 aliphatic rings. The van der Waals surface area contributed by atoms with Crippen molar-refractivity contribution in [1.29, 1.82) is 5.26 Å². The van der Waals surface area contributed by atoms with Crippen LogP contribution in [0.4, 0.5) is 0 Å². The molecule has 140 valence electrons. The van der Waals surface area contributed by atoms with E-state index >= 15 is 0 Å². The van der Waals surface area contributed by atoms with Gasteiger partial charge < -0.3 is 4.90 Å². The molecule has 0 amide bonds. The van der Waals surface area contributed by atoms with Gasteiger partial charge in [0.25, 0.3) is 0 Å². The van der Waals surface area contributed by atoms with Crippen molar-refractivity contribution in [2.75, 3.05) is 13.6 Å². The van der Waals surface area contributed by atoms with Crippen LogP contribution in [-0.4, -0.2) is 18.5 Å². The van der Waals surface area contributed by atoms with E-state index in [0.717, 1.165) is 17.5 Å². The standard InChI is InChI=1S/C26H26N2/c1-3-18-15-28(2)16-23-9-8-22(12-24(18)23)26-13-25(26)21-7-6-19-10-17(14-27)4-5-20(19)11-21/h4-12,18,25-26H,3,13,15-16H2,1-2H3. The Morgan fingerprint density at radius 3 is 2.46 bits per heavy atom. The van der Waals surface area contributed by atoms with Crippen LogP contribution in [0.5, 0.6) is 0 Å². The van der Waals surface area contributed by atoms with Crippen LogP contribution in [0.25, 0.3) is 10.8 Å². The molecule has 0 spiro atoms. The lowest BCUT2D eigenvalue weighted by Crippen LogP contribution is -2.30. The van der Waals surface area contributed by atoms with Crippen LogP contribution in [0, 0.1) is 11.3 Å². The van der Waals surface area contributed by atoms with Crippen molar-refractivity contribution >= 4 is 10.8 Å². The van der Waals surface area contributed by atoms with E-state index in [0.29, 0.717) is 17.8 Å². The van der Waals surface area contributed by atoms with Crippen LogP contribution in [0.2, 0.25) is 0 Å². The molecular formula is C26H26N2. The molecule has 0 radical (unpaired) electrons. The molecule has 3 aromatic rings. The van der Waals surface area contributed by atoms with E-state index in [2.05, 4.69) is 67.4 Å². The maximum Gasteiger partial charge on any atom is 0.0991 e. The monoisotopic (exact) mass is 366 g/mol. The smallest absolute Gasteiger partial charge is 0.0991 e. The predicted molar refractivity (Wildman–Crippen MR) is 115 cm³/mol. The van der Waals surface area contributed by atoms with Crippen LogP contribution in [-0.2, 0) is 6.54 Å². The van der Waals surface area contributed by atoms with Gasteiger partial charge in [-0.1, -0.05) is 49.4 Å². The first-order valence-electron chi connectivity index (χ1n) is 10.4. The molecule has 1 fully saturated rings. The van der Waals surface area contributed by atoms with Gasteiger partial charge in [0.15, 0.2) is 0 Å². The second-order valence-corrected chi connectivity index (χ2v) is 8.64. The summed E-state index contributed by atoms with van der Waals surface area (Å²) in [5.41, 5.74) is 6.79. The maximum absolute atomic E-state index is 9.09. The topological polar surface area (TPSA) is 27.0 Å². The zero-order chi connectivity index (χ0) is 19.3. The van der Waals surface area contributed by atoms with Crippen LogP contribution >= 0.6 is 0 Å². The van der Waals surface area contributed by atoms with E-state index in [9.17, 15) is 0 Å². The highest BCUT2D eigenvalue weighted by Crippen LogP contribution is 2.55. The summed E-state index contributed by atoms with van der Waals surface area (Å²) in [5.74, 6) is 1.95. The van der Waals surface area contributed by atoms with Crippen molar-refractivity contribution in [2.24, 2.45) is 0 Å². The summed E-state index contributed by atoms with van der Waals surface area (Å²) >= 11 is 0. The van der Waals surface area contributed by atoms with Crippen LogP contribution in [0.3, 0.4) is 0 Å². The second kappa shape index (κ2) is 6.76. The third kappa shape index (κ3) is 3.01. The van der Waals surface area contributed by atoms with Crippen molar-refractivity contribution in [3.63, 3.8) is 0 Å². The van der Waals surface area contributed by atoms with Crippen LogP contribution in [0.15, 0.2) is 54.6 Å². The fourth-order valence-corrected chi connectivity index (χ4v) is 5.04. The van der Waals surface area contributed by atoms with Crippen molar-refractivity contribution in [2.45, 2.75) is 44.1 Å². The SMILES string of the molecule is CCC1CN(C)Cc2ccc(C3CC3c3ccc4cc(C#N)ccc4c3)cc21. The molecule has 1 heterocycles. The number of nitriles is 1. The predicted octanol–water partition coefficient (Wildman–Crippen LogP) is 5.92. The fourth-order valence-electron chi connectivity index (χ4n) is 5.04. The van der Waals surface area contributed by atoms with Gasteiger partial charge in [-0.05, 0) is 82.8 Å². The molecule has 1 saturated carbocycles. The Labute approximate surface area is 167 Å². The molecule has 0 aromatic heterocycles. The first-order chi connectivity index (χ1) is 13.7. The minimum Gasteiger partial charge on any atom is -0.301 e. The molecule has 28 heavy (non-hydrogen) atoms. The normalized spacial score (nSPS) is 24.0. The number of hydrogen-bond donors (Lipinski definition) is 0. The van der Waals surface area contributed by atoms with Gasteiger partial charge in [-0.2, -0.15) is 5.26 Å².